The van der Waals surface area contributed by atoms with E-state index in [0.717, 1.165) is 0 Å². The highest BCUT2D eigenvalue weighted by atomic mass is 79.9. The monoisotopic (exact) mass is 403 g/mol. The number of carbonyl (C=O) groups is 2. The van der Waals surface area contributed by atoms with Gasteiger partial charge < -0.3 is 10.0 Å². The number of ketones is 1. The molecule has 6 heteroatoms. The van der Waals surface area contributed by atoms with Crippen molar-refractivity contribution in [3.8, 4) is 0 Å². The molecule has 0 spiro atoms. The molecule has 1 heterocycles. The van der Waals surface area contributed by atoms with Gasteiger partial charge in [0, 0.05) is 22.1 Å². The zero-order valence-corrected chi connectivity index (χ0v) is 14.8. The lowest BCUT2D eigenvalue weighted by Gasteiger charge is -2.22. The predicted octanol–water partition coefficient (Wildman–Crippen LogP) is 3.58. The second kappa shape index (κ2) is 6.54. The minimum Gasteiger partial charge on any atom is -0.375 e. The first kappa shape index (κ1) is 17.5. The molecule has 1 aliphatic rings. The molecule has 0 bridgehead atoms. The fourth-order valence-corrected chi connectivity index (χ4v) is 3.34. The number of fused-ring (bicyclic) bond motifs is 1. The maximum atomic E-state index is 13.0. The summed E-state index contributed by atoms with van der Waals surface area (Å²) in [7, 11) is 0. The molecule has 0 fully saturated rings. The van der Waals surface area contributed by atoms with Crippen LogP contribution < -0.4 is 4.90 Å². The Hall–Kier alpha value is -2.31. The van der Waals surface area contributed by atoms with Crippen molar-refractivity contribution in [2.45, 2.75) is 12.0 Å². The molecule has 1 unspecified atom stereocenters. The third-order valence-electron chi connectivity index (χ3n) is 4.19. The van der Waals surface area contributed by atoms with E-state index in [1.54, 1.807) is 24.3 Å². The van der Waals surface area contributed by atoms with Gasteiger partial charge in [-0.25, -0.2) is 4.39 Å². The molecule has 25 heavy (non-hydrogen) atoms. The van der Waals surface area contributed by atoms with E-state index in [-0.39, 0.29) is 12.1 Å². The minimum absolute atomic E-state index is 0.223. The number of anilines is 1. The number of hydrogen-bond acceptors (Lipinski definition) is 3. The van der Waals surface area contributed by atoms with Gasteiger partial charge in [0.05, 0.1) is 12.1 Å². The fourth-order valence-electron chi connectivity index (χ4n) is 2.97. The summed E-state index contributed by atoms with van der Waals surface area (Å²) in [6.07, 6.45) is 1.13. The number of rotatable bonds is 5. The molecule has 4 nitrogen and oxygen atoms in total. The van der Waals surface area contributed by atoms with E-state index < -0.39 is 29.5 Å². The molecular formula is C19H15BrFNO3. The van der Waals surface area contributed by atoms with Crippen molar-refractivity contribution in [2.24, 2.45) is 0 Å². The summed E-state index contributed by atoms with van der Waals surface area (Å²) in [5, 5.41) is 11.1. The Kier molecular flexibility index (Phi) is 4.58. The van der Waals surface area contributed by atoms with Gasteiger partial charge in [0.2, 0.25) is 0 Å². The standard InChI is InChI=1S/C19H15BrFNO3/c1-2-9-22-16-8-5-13(20)10-15(16)19(25,18(22)24)11-17(23)12-3-6-14(21)7-4-12/h2-8,10,25H,1,9,11H2. The first-order chi connectivity index (χ1) is 11.9. The highest BCUT2D eigenvalue weighted by Gasteiger charge is 2.50. The first-order valence-corrected chi connectivity index (χ1v) is 8.40. The number of aliphatic hydroxyl groups is 1. The Morgan fingerprint density at radius 3 is 2.60 bits per heavy atom. The van der Waals surface area contributed by atoms with Gasteiger partial charge >= 0.3 is 0 Å². The predicted molar refractivity (Wildman–Crippen MR) is 95.9 cm³/mol. The largest absolute Gasteiger partial charge is 0.375 e. The number of nitrogens with zero attached hydrogens (tertiary/aromatic N) is 1. The summed E-state index contributed by atoms with van der Waals surface area (Å²) in [4.78, 5) is 26.7. The van der Waals surface area contributed by atoms with E-state index in [2.05, 4.69) is 22.5 Å². The van der Waals surface area contributed by atoms with Gasteiger partial charge in [0.25, 0.3) is 5.91 Å². The molecule has 0 saturated carbocycles. The van der Waals surface area contributed by atoms with Crippen LogP contribution in [0.25, 0.3) is 0 Å². The highest BCUT2D eigenvalue weighted by molar-refractivity contribution is 9.10. The van der Waals surface area contributed by atoms with Gasteiger partial charge in [-0.2, -0.15) is 0 Å². The van der Waals surface area contributed by atoms with Crippen LogP contribution in [-0.4, -0.2) is 23.3 Å². The Morgan fingerprint density at radius 2 is 1.96 bits per heavy atom. The highest BCUT2D eigenvalue weighted by Crippen LogP contribution is 2.44. The van der Waals surface area contributed by atoms with Crippen molar-refractivity contribution in [3.05, 3.63) is 76.5 Å². The molecule has 0 radical (unpaired) electrons. The zero-order chi connectivity index (χ0) is 18.2. The summed E-state index contributed by atoms with van der Waals surface area (Å²) in [6.45, 7) is 3.85. The maximum Gasteiger partial charge on any atom is 0.264 e. The van der Waals surface area contributed by atoms with E-state index in [1.807, 2.05) is 0 Å². The topological polar surface area (TPSA) is 57.6 Å². The molecule has 1 N–H and O–H groups in total. The Bertz CT molecular complexity index is 865. The van der Waals surface area contributed by atoms with Crippen LogP contribution in [0.1, 0.15) is 22.3 Å². The summed E-state index contributed by atoms with van der Waals surface area (Å²) in [6, 6.07) is 10.1. The normalized spacial score (nSPS) is 19.0. The van der Waals surface area contributed by atoms with Crippen LogP contribution in [0.4, 0.5) is 10.1 Å². The lowest BCUT2D eigenvalue weighted by Crippen LogP contribution is -2.41. The van der Waals surface area contributed by atoms with Gasteiger partial charge in [-0.05, 0) is 42.5 Å². The van der Waals surface area contributed by atoms with Crippen LogP contribution >= 0.6 is 15.9 Å². The van der Waals surface area contributed by atoms with Crippen molar-refractivity contribution in [1.29, 1.82) is 0 Å². The number of Topliss-reactive ketones (excluding diaryl/α,β-unsaturated/α-hetero) is 1. The second-order valence-electron chi connectivity index (χ2n) is 5.83. The summed E-state index contributed by atoms with van der Waals surface area (Å²) in [5.74, 6) is -1.48. The van der Waals surface area contributed by atoms with Crippen LogP contribution in [0.15, 0.2) is 59.6 Å². The third-order valence-corrected chi connectivity index (χ3v) is 4.68. The van der Waals surface area contributed by atoms with Gasteiger partial charge in [-0.1, -0.05) is 22.0 Å². The molecule has 2 aromatic carbocycles. The minimum atomic E-state index is -1.96. The zero-order valence-electron chi connectivity index (χ0n) is 13.2. The van der Waals surface area contributed by atoms with Gasteiger partial charge in [0.15, 0.2) is 11.4 Å². The van der Waals surface area contributed by atoms with Crippen LogP contribution in [0.5, 0.6) is 0 Å². The molecular weight excluding hydrogens is 389 g/mol. The van der Waals surface area contributed by atoms with Crippen molar-refractivity contribution in [3.63, 3.8) is 0 Å². The van der Waals surface area contributed by atoms with E-state index in [1.165, 1.54) is 29.2 Å². The molecule has 3 rings (SSSR count). The van der Waals surface area contributed by atoms with Gasteiger partial charge in [-0.3, -0.25) is 9.59 Å². The van der Waals surface area contributed by atoms with E-state index in [0.29, 0.717) is 15.7 Å². The number of hydrogen-bond donors (Lipinski definition) is 1. The fraction of sp³-hybridized carbons (Fsp3) is 0.158. The smallest absolute Gasteiger partial charge is 0.264 e. The quantitative estimate of drug-likeness (QED) is 0.612. The van der Waals surface area contributed by atoms with Crippen molar-refractivity contribution >= 4 is 33.3 Å². The molecule has 2 aromatic rings. The van der Waals surface area contributed by atoms with E-state index >= 15 is 0 Å². The average Bonchev–Trinajstić information content (AvgIpc) is 2.77. The molecule has 1 amide bonds. The number of halogens is 2. The molecule has 1 aliphatic heterocycles. The Balaban J connectivity index is 2.00. The van der Waals surface area contributed by atoms with E-state index in [9.17, 15) is 19.1 Å². The summed E-state index contributed by atoms with van der Waals surface area (Å²) in [5.41, 5.74) is -0.818. The summed E-state index contributed by atoms with van der Waals surface area (Å²) < 4.78 is 13.7. The van der Waals surface area contributed by atoms with Crippen molar-refractivity contribution < 1.29 is 19.1 Å². The maximum absolute atomic E-state index is 13.0. The number of benzene rings is 2. The van der Waals surface area contributed by atoms with Crippen molar-refractivity contribution in [2.75, 3.05) is 11.4 Å². The van der Waals surface area contributed by atoms with Gasteiger partial charge in [0.1, 0.15) is 5.82 Å². The van der Waals surface area contributed by atoms with Crippen LogP contribution in [-0.2, 0) is 10.4 Å². The summed E-state index contributed by atoms with van der Waals surface area (Å²) >= 11 is 3.33. The Morgan fingerprint density at radius 1 is 1.28 bits per heavy atom. The molecule has 128 valence electrons. The lowest BCUT2D eigenvalue weighted by atomic mass is 9.88. The SMILES string of the molecule is C=CCN1C(=O)C(O)(CC(=O)c2ccc(F)cc2)c2cc(Br)ccc21. The van der Waals surface area contributed by atoms with Crippen molar-refractivity contribution in [1.82, 2.24) is 0 Å². The second-order valence-corrected chi connectivity index (χ2v) is 6.75. The molecule has 1 atom stereocenters. The van der Waals surface area contributed by atoms with Gasteiger partial charge in [-0.15, -0.1) is 6.58 Å². The third kappa shape index (κ3) is 3.03. The molecule has 0 aliphatic carbocycles. The average molecular weight is 404 g/mol. The van der Waals surface area contributed by atoms with Crippen LogP contribution in [0, 0.1) is 5.82 Å². The Labute approximate surface area is 152 Å². The first-order valence-electron chi connectivity index (χ1n) is 7.61. The lowest BCUT2D eigenvalue weighted by molar-refractivity contribution is -0.135. The van der Waals surface area contributed by atoms with E-state index in [4.69, 9.17) is 0 Å². The number of carbonyl (C=O) groups excluding carboxylic acids is 2. The molecule has 0 saturated heterocycles. The van der Waals surface area contributed by atoms with Crippen LogP contribution in [0.2, 0.25) is 0 Å². The molecule has 0 aromatic heterocycles. The van der Waals surface area contributed by atoms with Crippen LogP contribution in [0.3, 0.4) is 0 Å². The number of amides is 1.